The molecule has 0 spiro atoms. The summed E-state index contributed by atoms with van der Waals surface area (Å²) in [5.74, 6) is 2.71. The van der Waals surface area contributed by atoms with Crippen LogP contribution in [0.2, 0.25) is 0 Å². The molecule has 0 aromatic carbocycles. The van der Waals surface area contributed by atoms with Crippen molar-refractivity contribution >= 4 is 11.6 Å². The van der Waals surface area contributed by atoms with Crippen molar-refractivity contribution in [2.24, 2.45) is 0 Å². The predicted molar refractivity (Wildman–Crippen MR) is 78.4 cm³/mol. The maximum Gasteiger partial charge on any atom is 0.156 e. The van der Waals surface area contributed by atoms with E-state index < -0.39 is 0 Å². The van der Waals surface area contributed by atoms with E-state index in [4.69, 9.17) is 10.3 Å². The molecule has 2 rings (SSSR count). The van der Waals surface area contributed by atoms with E-state index in [9.17, 15) is 0 Å². The molecular formula is C14H21N5O. The largest absolute Gasteiger partial charge is 0.383 e. The van der Waals surface area contributed by atoms with Crippen LogP contribution >= 0.6 is 0 Å². The SMILES string of the molecule is Cc1cc(CNc2nc(C(C)(C)C)nc(N)c2C)on1. The summed E-state index contributed by atoms with van der Waals surface area (Å²) in [4.78, 5) is 8.92. The molecule has 3 N–H and O–H groups in total. The lowest BCUT2D eigenvalue weighted by atomic mass is 9.95. The van der Waals surface area contributed by atoms with Crippen molar-refractivity contribution in [1.29, 1.82) is 0 Å². The summed E-state index contributed by atoms with van der Waals surface area (Å²) in [5, 5.41) is 7.08. The van der Waals surface area contributed by atoms with Crippen molar-refractivity contribution < 1.29 is 4.52 Å². The molecule has 20 heavy (non-hydrogen) atoms. The van der Waals surface area contributed by atoms with E-state index in [0.29, 0.717) is 12.4 Å². The highest BCUT2D eigenvalue weighted by molar-refractivity contribution is 5.55. The fraction of sp³-hybridized carbons (Fsp3) is 0.500. The molecule has 2 aromatic rings. The average Bonchev–Trinajstić information content (AvgIpc) is 2.75. The molecule has 0 fully saturated rings. The summed E-state index contributed by atoms with van der Waals surface area (Å²) in [5.41, 5.74) is 7.51. The van der Waals surface area contributed by atoms with Crippen molar-refractivity contribution in [3.8, 4) is 0 Å². The minimum absolute atomic E-state index is 0.152. The van der Waals surface area contributed by atoms with Crippen LogP contribution in [0.4, 0.5) is 11.6 Å². The number of nitrogens with zero attached hydrogens (tertiary/aromatic N) is 3. The smallest absolute Gasteiger partial charge is 0.156 e. The van der Waals surface area contributed by atoms with Gasteiger partial charge in [0.1, 0.15) is 17.5 Å². The van der Waals surface area contributed by atoms with Gasteiger partial charge in [0.15, 0.2) is 5.76 Å². The zero-order valence-electron chi connectivity index (χ0n) is 12.6. The Balaban J connectivity index is 2.24. The number of nitrogen functional groups attached to an aromatic ring is 1. The van der Waals surface area contributed by atoms with Gasteiger partial charge in [-0.3, -0.25) is 0 Å². The number of nitrogens with one attached hydrogen (secondary N) is 1. The zero-order valence-corrected chi connectivity index (χ0v) is 12.6. The number of nitrogens with two attached hydrogens (primary N) is 1. The zero-order chi connectivity index (χ0) is 14.9. The van der Waals surface area contributed by atoms with Crippen LogP contribution in [0.3, 0.4) is 0 Å². The second-order valence-electron chi connectivity index (χ2n) is 5.94. The monoisotopic (exact) mass is 275 g/mol. The van der Waals surface area contributed by atoms with Gasteiger partial charge in [-0.1, -0.05) is 25.9 Å². The van der Waals surface area contributed by atoms with Gasteiger partial charge in [0.05, 0.1) is 12.2 Å². The van der Waals surface area contributed by atoms with Crippen LogP contribution < -0.4 is 11.1 Å². The molecule has 0 aliphatic heterocycles. The summed E-state index contributed by atoms with van der Waals surface area (Å²) in [6.07, 6.45) is 0. The maximum absolute atomic E-state index is 5.96. The molecule has 108 valence electrons. The molecule has 0 atom stereocenters. The molecule has 2 aromatic heterocycles. The Morgan fingerprint density at radius 1 is 1.25 bits per heavy atom. The predicted octanol–water partition coefficient (Wildman–Crippen LogP) is 2.57. The standard InChI is InChI=1S/C14H21N5O/c1-8-6-10(20-19-8)7-16-12-9(2)11(15)17-13(18-12)14(3,4)5/h6H,7H2,1-5H3,(H3,15,16,17,18). The molecule has 0 unspecified atom stereocenters. The normalized spacial score (nSPS) is 11.7. The summed E-state index contributed by atoms with van der Waals surface area (Å²) in [6, 6.07) is 1.89. The van der Waals surface area contributed by atoms with Crippen LogP contribution in [-0.4, -0.2) is 15.1 Å². The van der Waals surface area contributed by atoms with Gasteiger partial charge in [-0.2, -0.15) is 0 Å². The van der Waals surface area contributed by atoms with Gasteiger partial charge in [-0.05, 0) is 13.8 Å². The van der Waals surface area contributed by atoms with Crippen molar-refractivity contribution in [3.63, 3.8) is 0 Å². The Hall–Kier alpha value is -2.11. The molecule has 0 aliphatic rings. The number of hydrogen-bond acceptors (Lipinski definition) is 6. The first-order chi connectivity index (χ1) is 9.27. The third kappa shape index (κ3) is 3.07. The minimum atomic E-state index is -0.152. The third-order valence-corrected chi connectivity index (χ3v) is 2.96. The fourth-order valence-corrected chi connectivity index (χ4v) is 1.71. The Morgan fingerprint density at radius 2 is 1.95 bits per heavy atom. The lowest BCUT2D eigenvalue weighted by Crippen LogP contribution is -2.19. The van der Waals surface area contributed by atoms with Crippen LogP contribution in [0.1, 0.15) is 43.6 Å². The van der Waals surface area contributed by atoms with Crippen molar-refractivity contribution in [3.05, 3.63) is 28.9 Å². The van der Waals surface area contributed by atoms with Crippen LogP contribution in [0.15, 0.2) is 10.6 Å². The Labute approximate surface area is 118 Å². The Morgan fingerprint density at radius 3 is 2.50 bits per heavy atom. The third-order valence-electron chi connectivity index (χ3n) is 2.96. The summed E-state index contributed by atoms with van der Waals surface area (Å²) < 4.78 is 5.17. The highest BCUT2D eigenvalue weighted by Crippen LogP contribution is 2.25. The van der Waals surface area contributed by atoms with Crippen molar-refractivity contribution in [2.45, 2.75) is 46.6 Å². The fourth-order valence-electron chi connectivity index (χ4n) is 1.71. The first-order valence-electron chi connectivity index (χ1n) is 6.58. The van der Waals surface area contributed by atoms with Crippen LogP contribution in [-0.2, 0) is 12.0 Å². The molecule has 0 amide bonds. The minimum Gasteiger partial charge on any atom is -0.383 e. The first kappa shape index (κ1) is 14.3. The molecule has 0 saturated heterocycles. The van der Waals surface area contributed by atoms with Gasteiger partial charge < -0.3 is 15.6 Å². The molecular weight excluding hydrogens is 254 g/mol. The van der Waals surface area contributed by atoms with E-state index >= 15 is 0 Å². The molecule has 0 aliphatic carbocycles. The summed E-state index contributed by atoms with van der Waals surface area (Å²) >= 11 is 0. The van der Waals surface area contributed by atoms with Crippen molar-refractivity contribution in [2.75, 3.05) is 11.1 Å². The molecule has 6 heteroatoms. The average molecular weight is 275 g/mol. The Bertz CT molecular complexity index is 613. The molecule has 6 nitrogen and oxygen atoms in total. The van der Waals surface area contributed by atoms with Gasteiger partial charge in [-0.15, -0.1) is 0 Å². The van der Waals surface area contributed by atoms with Gasteiger partial charge in [0.2, 0.25) is 0 Å². The first-order valence-corrected chi connectivity index (χ1v) is 6.58. The molecule has 0 radical (unpaired) electrons. The molecule has 0 saturated carbocycles. The number of anilines is 2. The van der Waals surface area contributed by atoms with Crippen LogP contribution in [0.25, 0.3) is 0 Å². The quantitative estimate of drug-likeness (QED) is 0.894. The van der Waals surface area contributed by atoms with Crippen molar-refractivity contribution in [1.82, 2.24) is 15.1 Å². The van der Waals surface area contributed by atoms with Gasteiger partial charge in [0, 0.05) is 17.0 Å². The number of aryl methyl sites for hydroxylation is 1. The summed E-state index contributed by atoms with van der Waals surface area (Å²) in [6.45, 7) is 10.5. The van der Waals surface area contributed by atoms with Crippen LogP contribution in [0, 0.1) is 13.8 Å². The van der Waals surface area contributed by atoms with Gasteiger partial charge in [0.25, 0.3) is 0 Å². The van der Waals surface area contributed by atoms with E-state index in [0.717, 1.165) is 28.7 Å². The number of rotatable bonds is 3. The maximum atomic E-state index is 5.96. The van der Waals surface area contributed by atoms with E-state index in [2.05, 4.69) is 41.2 Å². The molecule has 2 heterocycles. The van der Waals surface area contributed by atoms with E-state index in [1.54, 1.807) is 0 Å². The van der Waals surface area contributed by atoms with Crippen LogP contribution in [0.5, 0.6) is 0 Å². The lowest BCUT2D eigenvalue weighted by molar-refractivity contribution is 0.384. The lowest BCUT2D eigenvalue weighted by Gasteiger charge is -2.19. The molecule has 0 bridgehead atoms. The van der Waals surface area contributed by atoms with E-state index in [1.807, 2.05) is 19.9 Å². The topological polar surface area (TPSA) is 89.9 Å². The second-order valence-corrected chi connectivity index (χ2v) is 5.94. The van der Waals surface area contributed by atoms with Gasteiger partial charge in [-0.25, -0.2) is 9.97 Å². The highest BCUT2D eigenvalue weighted by atomic mass is 16.5. The van der Waals surface area contributed by atoms with Gasteiger partial charge >= 0.3 is 0 Å². The number of aromatic nitrogens is 3. The van der Waals surface area contributed by atoms with E-state index in [1.165, 1.54) is 0 Å². The second kappa shape index (κ2) is 5.11. The highest BCUT2D eigenvalue weighted by Gasteiger charge is 2.20. The Kier molecular flexibility index (Phi) is 3.65. The van der Waals surface area contributed by atoms with E-state index in [-0.39, 0.29) is 5.41 Å². The number of hydrogen-bond donors (Lipinski definition) is 2. The summed E-state index contributed by atoms with van der Waals surface area (Å²) in [7, 11) is 0.